The monoisotopic (exact) mass is 263 g/mol. The van der Waals surface area contributed by atoms with Crippen molar-refractivity contribution in [3.63, 3.8) is 0 Å². The summed E-state index contributed by atoms with van der Waals surface area (Å²) in [5.41, 5.74) is 0.763. The second-order valence-corrected chi connectivity index (χ2v) is 4.80. The van der Waals surface area contributed by atoms with Gasteiger partial charge >= 0.3 is 5.97 Å². The van der Waals surface area contributed by atoms with Crippen molar-refractivity contribution in [1.29, 1.82) is 0 Å². The molecule has 19 heavy (non-hydrogen) atoms. The number of carbonyl (C=O) groups is 2. The van der Waals surface area contributed by atoms with Crippen molar-refractivity contribution in [3.8, 4) is 5.75 Å². The van der Waals surface area contributed by atoms with Crippen molar-refractivity contribution < 1.29 is 19.4 Å². The number of carbonyl (C=O) groups excluding carboxylic acids is 2. The van der Waals surface area contributed by atoms with E-state index in [2.05, 4.69) is 4.74 Å². The Bertz CT molecular complexity index is 508. The van der Waals surface area contributed by atoms with Gasteiger partial charge in [0.2, 0.25) is 5.91 Å². The molecule has 1 aromatic rings. The van der Waals surface area contributed by atoms with Gasteiger partial charge in [-0.25, -0.2) is 4.79 Å². The number of benzene rings is 1. The molecule has 1 saturated carbocycles. The number of phenols is 1. The number of hydrogen-bond acceptors (Lipinski definition) is 4. The number of rotatable bonds is 4. The number of esters is 1. The Labute approximate surface area is 111 Å². The van der Waals surface area contributed by atoms with Crippen LogP contribution in [0.5, 0.6) is 5.75 Å². The predicted octanol–water partition coefficient (Wildman–Crippen LogP) is 1.94. The molecule has 5 heteroatoms. The molecule has 1 amide bonds. The molecule has 0 aromatic heterocycles. The number of anilines is 1. The number of hydrogen-bond donors (Lipinski definition) is 1. The highest BCUT2D eigenvalue weighted by molar-refractivity contribution is 5.95. The number of nitrogens with zero attached hydrogens (tertiary/aromatic N) is 1. The smallest absolute Gasteiger partial charge is 0.338 e. The van der Waals surface area contributed by atoms with Gasteiger partial charge in [0.1, 0.15) is 5.75 Å². The van der Waals surface area contributed by atoms with Crippen molar-refractivity contribution in [3.05, 3.63) is 23.8 Å². The van der Waals surface area contributed by atoms with Crippen LogP contribution >= 0.6 is 0 Å². The molecule has 0 spiro atoms. The molecular weight excluding hydrogens is 246 g/mol. The van der Waals surface area contributed by atoms with E-state index in [4.69, 9.17) is 0 Å². The Morgan fingerprint density at radius 2 is 2.05 bits per heavy atom. The molecule has 102 valence electrons. The third kappa shape index (κ3) is 3.24. The third-order valence-corrected chi connectivity index (χ3v) is 3.15. The van der Waals surface area contributed by atoms with Crippen LogP contribution < -0.4 is 4.90 Å². The lowest BCUT2D eigenvalue weighted by atomic mass is 10.1. The highest BCUT2D eigenvalue weighted by atomic mass is 16.5. The van der Waals surface area contributed by atoms with Crippen molar-refractivity contribution >= 4 is 17.6 Å². The summed E-state index contributed by atoms with van der Waals surface area (Å²) in [5, 5.41) is 9.67. The fraction of sp³-hybridized carbons (Fsp3) is 0.429. The number of aromatic hydroxyl groups is 1. The van der Waals surface area contributed by atoms with Gasteiger partial charge in [-0.05, 0) is 30.9 Å². The van der Waals surface area contributed by atoms with E-state index in [1.54, 1.807) is 11.0 Å². The Morgan fingerprint density at radius 1 is 1.37 bits per heavy atom. The summed E-state index contributed by atoms with van der Waals surface area (Å²) >= 11 is 0. The number of methoxy groups -OCH3 is 1. The topological polar surface area (TPSA) is 66.8 Å². The molecular formula is C14H17NO4. The third-order valence-electron chi connectivity index (χ3n) is 3.15. The summed E-state index contributed by atoms with van der Waals surface area (Å²) in [6.07, 6.45) is 2.24. The van der Waals surface area contributed by atoms with Crippen LogP contribution in [-0.2, 0) is 9.53 Å². The zero-order chi connectivity index (χ0) is 14.0. The minimum atomic E-state index is -0.535. The molecule has 1 aliphatic rings. The molecule has 1 N–H and O–H groups in total. The van der Waals surface area contributed by atoms with Gasteiger partial charge in [0, 0.05) is 25.2 Å². The predicted molar refractivity (Wildman–Crippen MR) is 70.2 cm³/mol. The van der Waals surface area contributed by atoms with Crippen LogP contribution in [0.25, 0.3) is 0 Å². The first-order valence-electron chi connectivity index (χ1n) is 6.21. The SMILES string of the molecule is COC(=O)c1cc(O)cc(N(CC2CC2)C(C)=O)c1. The maximum Gasteiger partial charge on any atom is 0.338 e. The van der Waals surface area contributed by atoms with Crippen molar-refractivity contribution in [2.45, 2.75) is 19.8 Å². The molecule has 1 fully saturated rings. The molecule has 1 aliphatic carbocycles. The van der Waals surface area contributed by atoms with E-state index >= 15 is 0 Å². The first-order valence-corrected chi connectivity index (χ1v) is 6.21. The molecule has 0 aliphatic heterocycles. The van der Waals surface area contributed by atoms with Gasteiger partial charge in [-0.3, -0.25) is 4.79 Å². The summed E-state index contributed by atoms with van der Waals surface area (Å²) < 4.78 is 4.63. The van der Waals surface area contributed by atoms with Crippen molar-refractivity contribution in [1.82, 2.24) is 0 Å². The van der Waals surface area contributed by atoms with E-state index < -0.39 is 5.97 Å². The summed E-state index contributed by atoms with van der Waals surface area (Å²) in [4.78, 5) is 24.8. The molecule has 2 rings (SSSR count). The van der Waals surface area contributed by atoms with Gasteiger partial charge in [-0.2, -0.15) is 0 Å². The van der Waals surface area contributed by atoms with E-state index in [1.165, 1.54) is 26.2 Å². The second-order valence-electron chi connectivity index (χ2n) is 4.80. The van der Waals surface area contributed by atoms with Crippen molar-refractivity contribution in [2.75, 3.05) is 18.6 Å². The maximum atomic E-state index is 11.7. The van der Waals surface area contributed by atoms with E-state index in [9.17, 15) is 14.7 Å². The standard InChI is InChI=1S/C14H17NO4/c1-9(16)15(8-10-3-4-10)12-5-11(14(18)19-2)6-13(17)7-12/h5-7,10,17H,3-4,8H2,1-2H3. The van der Waals surface area contributed by atoms with Gasteiger partial charge in [-0.1, -0.05) is 0 Å². The van der Waals surface area contributed by atoms with E-state index in [0.29, 0.717) is 18.2 Å². The minimum Gasteiger partial charge on any atom is -0.508 e. The second kappa shape index (κ2) is 5.30. The quantitative estimate of drug-likeness (QED) is 0.843. The first kappa shape index (κ1) is 13.4. The maximum absolute atomic E-state index is 11.7. The summed E-state index contributed by atoms with van der Waals surface area (Å²) in [7, 11) is 1.28. The average Bonchev–Trinajstić information content (AvgIpc) is 3.17. The Morgan fingerprint density at radius 3 is 2.58 bits per heavy atom. The van der Waals surface area contributed by atoms with E-state index in [1.807, 2.05) is 0 Å². The van der Waals surface area contributed by atoms with Crippen molar-refractivity contribution in [2.24, 2.45) is 5.92 Å². The highest BCUT2D eigenvalue weighted by Crippen LogP contribution is 2.32. The lowest BCUT2D eigenvalue weighted by Crippen LogP contribution is -2.30. The lowest BCUT2D eigenvalue weighted by Gasteiger charge is -2.21. The average molecular weight is 263 g/mol. The van der Waals surface area contributed by atoms with Crippen LogP contribution in [0, 0.1) is 5.92 Å². The summed E-state index contributed by atoms with van der Waals surface area (Å²) in [6.45, 7) is 2.10. The largest absolute Gasteiger partial charge is 0.508 e. The zero-order valence-electron chi connectivity index (χ0n) is 11.0. The Balaban J connectivity index is 2.32. The minimum absolute atomic E-state index is 0.0556. The lowest BCUT2D eigenvalue weighted by molar-refractivity contribution is -0.116. The highest BCUT2D eigenvalue weighted by Gasteiger charge is 2.27. The Kier molecular flexibility index (Phi) is 3.74. The number of ether oxygens (including phenoxy) is 1. The van der Waals surface area contributed by atoms with E-state index in [-0.39, 0.29) is 17.2 Å². The van der Waals surface area contributed by atoms with Gasteiger partial charge < -0.3 is 14.7 Å². The van der Waals surface area contributed by atoms with Crippen LogP contribution in [0.1, 0.15) is 30.1 Å². The number of amides is 1. The molecule has 1 aromatic carbocycles. The number of phenolic OH excluding ortho intramolecular Hbond substituents is 1. The molecule has 5 nitrogen and oxygen atoms in total. The van der Waals surface area contributed by atoms with Gasteiger partial charge in [-0.15, -0.1) is 0 Å². The molecule has 0 saturated heterocycles. The molecule has 0 unspecified atom stereocenters. The zero-order valence-corrected chi connectivity index (χ0v) is 11.0. The van der Waals surface area contributed by atoms with E-state index in [0.717, 1.165) is 12.8 Å². The van der Waals surface area contributed by atoms with Crippen LogP contribution in [0.4, 0.5) is 5.69 Å². The van der Waals surface area contributed by atoms with Gasteiger partial charge in [0.15, 0.2) is 0 Å². The molecule has 0 bridgehead atoms. The molecule has 0 radical (unpaired) electrons. The van der Waals surface area contributed by atoms with Crippen LogP contribution in [0.3, 0.4) is 0 Å². The van der Waals surface area contributed by atoms with Crippen LogP contribution in [-0.4, -0.2) is 30.6 Å². The Hall–Kier alpha value is -2.04. The van der Waals surface area contributed by atoms with Crippen LogP contribution in [0.15, 0.2) is 18.2 Å². The van der Waals surface area contributed by atoms with Crippen LogP contribution in [0.2, 0.25) is 0 Å². The molecule has 0 heterocycles. The fourth-order valence-corrected chi connectivity index (χ4v) is 1.96. The first-order chi connectivity index (χ1) is 9.01. The normalized spacial score (nSPS) is 14.0. The fourth-order valence-electron chi connectivity index (χ4n) is 1.96. The summed E-state index contributed by atoms with van der Waals surface area (Å²) in [6, 6.07) is 4.37. The van der Waals surface area contributed by atoms with Gasteiger partial charge in [0.25, 0.3) is 0 Å². The van der Waals surface area contributed by atoms with Gasteiger partial charge in [0.05, 0.1) is 12.7 Å². The summed E-state index contributed by atoms with van der Waals surface area (Å²) in [5.74, 6) is -0.173. The molecule has 0 atom stereocenters.